The number of hydrogen-bond acceptors (Lipinski definition) is 4. The molecule has 0 bridgehead atoms. The highest BCUT2D eigenvalue weighted by Crippen LogP contribution is 2.29. The molecule has 0 amide bonds. The lowest BCUT2D eigenvalue weighted by Crippen LogP contribution is -2.25. The Morgan fingerprint density at radius 1 is 1.35 bits per heavy atom. The molecule has 0 atom stereocenters. The fraction of sp³-hybridized carbons (Fsp3) is 0.500. The number of rotatable bonds is 7. The number of nitrogens with one attached hydrogen (secondary N) is 1. The van der Waals surface area contributed by atoms with Crippen LogP contribution in [0.5, 0.6) is 0 Å². The van der Waals surface area contributed by atoms with Gasteiger partial charge in [0.25, 0.3) is 5.69 Å². The zero-order chi connectivity index (χ0) is 15.3. The van der Waals surface area contributed by atoms with Crippen molar-refractivity contribution in [2.24, 2.45) is 0 Å². The lowest BCUT2D eigenvalue weighted by Gasteiger charge is -2.08. The van der Waals surface area contributed by atoms with E-state index in [0.717, 1.165) is 25.3 Å². The van der Waals surface area contributed by atoms with Gasteiger partial charge in [-0.15, -0.1) is 0 Å². The van der Waals surface area contributed by atoms with Gasteiger partial charge in [-0.2, -0.15) is 0 Å². The highest BCUT2D eigenvalue weighted by atomic mass is 35.5. The van der Waals surface area contributed by atoms with Gasteiger partial charge in [0.2, 0.25) is 10.0 Å². The Morgan fingerprint density at radius 2 is 2.00 bits per heavy atom. The van der Waals surface area contributed by atoms with Gasteiger partial charge in [-0.1, -0.05) is 31.4 Å². The van der Waals surface area contributed by atoms with E-state index >= 15 is 0 Å². The summed E-state index contributed by atoms with van der Waals surface area (Å²) >= 11 is 5.86. The van der Waals surface area contributed by atoms with E-state index in [9.17, 15) is 18.5 Å². The molecule has 1 N–H and O–H groups in total. The zero-order valence-electron chi connectivity index (χ0n) is 11.3. The lowest BCUT2D eigenvalue weighted by atomic mass is 10.2. The number of nitrogens with zero attached hydrogens (tertiary/aromatic N) is 1. The van der Waals surface area contributed by atoms with Crippen LogP contribution in [0.15, 0.2) is 17.0 Å². The molecular formula is C12H17ClN2O4S. The molecule has 112 valence electrons. The minimum atomic E-state index is -3.77. The predicted molar refractivity (Wildman–Crippen MR) is 77.6 cm³/mol. The molecule has 0 spiro atoms. The molecule has 1 aromatic rings. The highest BCUT2D eigenvalue weighted by molar-refractivity contribution is 7.89. The molecule has 0 aliphatic carbocycles. The van der Waals surface area contributed by atoms with Gasteiger partial charge in [-0.3, -0.25) is 10.1 Å². The van der Waals surface area contributed by atoms with Crippen molar-refractivity contribution in [1.29, 1.82) is 0 Å². The summed E-state index contributed by atoms with van der Waals surface area (Å²) in [6.07, 6.45) is 2.61. The number of halogens is 1. The maximum Gasteiger partial charge on any atom is 0.275 e. The van der Waals surface area contributed by atoms with Crippen molar-refractivity contribution in [3.05, 3.63) is 32.8 Å². The van der Waals surface area contributed by atoms with Crippen LogP contribution in [0, 0.1) is 17.0 Å². The number of hydrogen-bond donors (Lipinski definition) is 1. The van der Waals surface area contributed by atoms with Crippen LogP contribution in [0.25, 0.3) is 0 Å². The van der Waals surface area contributed by atoms with Crippen LogP contribution in [0.4, 0.5) is 5.69 Å². The molecule has 0 saturated heterocycles. The van der Waals surface area contributed by atoms with E-state index in [4.69, 9.17) is 11.6 Å². The summed E-state index contributed by atoms with van der Waals surface area (Å²) in [5.41, 5.74) is -0.0481. The van der Waals surface area contributed by atoms with Crippen LogP contribution in [0.2, 0.25) is 5.02 Å². The van der Waals surface area contributed by atoms with E-state index in [-0.39, 0.29) is 21.2 Å². The third-order valence-corrected chi connectivity index (χ3v) is 4.70. The average molecular weight is 321 g/mol. The maximum atomic E-state index is 12.0. The number of unbranched alkanes of at least 4 members (excludes halogenated alkanes) is 2. The first kappa shape index (κ1) is 16.9. The van der Waals surface area contributed by atoms with E-state index in [0.29, 0.717) is 6.54 Å². The van der Waals surface area contributed by atoms with Crippen molar-refractivity contribution in [3.8, 4) is 0 Å². The van der Waals surface area contributed by atoms with Crippen molar-refractivity contribution in [1.82, 2.24) is 4.72 Å². The summed E-state index contributed by atoms with van der Waals surface area (Å²) in [7, 11) is -3.77. The first-order chi connectivity index (χ1) is 9.29. The molecule has 8 heteroatoms. The molecule has 0 aliphatic rings. The SMILES string of the molecule is CCCCCNS(=O)(=O)c1cc(Cl)c(C)c([N+](=O)[O-])c1. The molecule has 0 aliphatic heterocycles. The normalized spacial score (nSPS) is 11.6. The summed E-state index contributed by atoms with van der Waals surface area (Å²) in [6.45, 7) is 3.79. The molecule has 20 heavy (non-hydrogen) atoms. The smallest absolute Gasteiger partial charge is 0.258 e. The third kappa shape index (κ3) is 4.16. The average Bonchev–Trinajstić information content (AvgIpc) is 2.37. The summed E-state index contributed by atoms with van der Waals surface area (Å²) in [5, 5.41) is 10.9. The molecule has 1 aromatic carbocycles. The van der Waals surface area contributed by atoms with Crippen molar-refractivity contribution in [2.45, 2.75) is 38.0 Å². The minimum absolute atomic E-state index is 0.0631. The van der Waals surface area contributed by atoms with Gasteiger partial charge in [0, 0.05) is 18.2 Å². The van der Waals surface area contributed by atoms with Crippen LogP contribution in [0.1, 0.15) is 31.7 Å². The number of benzene rings is 1. The number of sulfonamides is 1. The fourth-order valence-electron chi connectivity index (χ4n) is 1.65. The standard InChI is InChI=1S/C12H17ClN2O4S/c1-3-4-5-6-14-20(18,19)10-7-11(13)9(2)12(8-10)15(16)17/h7-8,14H,3-6H2,1-2H3. The van der Waals surface area contributed by atoms with Gasteiger partial charge in [0.15, 0.2) is 0 Å². The van der Waals surface area contributed by atoms with Gasteiger partial charge in [-0.05, 0) is 19.4 Å². The molecule has 0 fully saturated rings. The molecule has 1 rings (SSSR count). The Labute approximate surface area is 123 Å². The van der Waals surface area contributed by atoms with E-state index < -0.39 is 14.9 Å². The van der Waals surface area contributed by atoms with E-state index in [1.165, 1.54) is 13.0 Å². The maximum absolute atomic E-state index is 12.0. The van der Waals surface area contributed by atoms with Crippen LogP contribution < -0.4 is 4.72 Å². The fourth-order valence-corrected chi connectivity index (χ4v) is 3.05. The Balaban J connectivity index is 3.04. The van der Waals surface area contributed by atoms with Crippen LogP contribution in [-0.4, -0.2) is 19.9 Å². The molecule has 6 nitrogen and oxygen atoms in total. The second kappa shape index (κ2) is 7.01. The summed E-state index contributed by atoms with van der Waals surface area (Å²) in [5.74, 6) is 0. The van der Waals surface area contributed by atoms with Crippen molar-refractivity contribution in [2.75, 3.05) is 6.54 Å². The van der Waals surface area contributed by atoms with Crippen LogP contribution in [-0.2, 0) is 10.0 Å². The molecular weight excluding hydrogens is 304 g/mol. The second-order valence-electron chi connectivity index (χ2n) is 4.41. The Hall–Kier alpha value is -1.18. The van der Waals surface area contributed by atoms with E-state index in [1.807, 2.05) is 6.92 Å². The Kier molecular flexibility index (Phi) is 5.91. The van der Waals surface area contributed by atoms with Crippen LogP contribution >= 0.6 is 11.6 Å². The lowest BCUT2D eigenvalue weighted by molar-refractivity contribution is -0.385. The first-order valence-corrected chi connectivity index (χ1v) is 8.10. The quantitative estimate of drug-likeness (QED) is 0.475. The summed E-state index contributed by atoms with van der Waals surface area (Å²) in [4.78, 5) is 10.1. The van der Waals surface area contributed by atoms with Gasteiger partial charge < -0.3 is 0 Å². The predicted octanol–water partition coefficient (Wildman–Crippen LogP) is 3.03. The molecule has 0 aromatic heterocycles. The second-order valence-corrected chi connectivity index (χ2v) is 6.59. The summed E-state index contributed by atoms with van der Waals surface area (Å²) in [6, 6.07) is 2.26. The van der Waals surface area contributed by atoms with Gasteiger partial charge in [0.05, 0.1) is 14.8 Å². The Morgan fingerprint density at radius 3 is 2.55 bits per heavy atom. The molecule has 0 radical (unpaired) electrons. The number of nitro groups is 1. The largest absolute Gasteiger partial charge is 0.275 e. The van der Waals surface area contributed by atoms with Gasteiger partial charge in [0.1, 0.15) is 0 Å². The van der Waals surface area contributed by atoms with E-state index in [2.05, 4.69) is 4.72 Å². The molecule has 0 heterocycles. The topological polar surface area (TPSA) is 89.3 Å². The molecule has 0 saturated carbocycles. The highest BCUT2D eigenvalue weighted by Gasteiger charge is 2.22. The van der Waals surface area contributed by atoms with Gasteiger partial charge >= 0.3 is 0 Å². The third-order valence-electron chi connectivity index (χ3n) is 2.87. The van der Waals surface area contributed by atoms with Crippen molar-refractivity contribution < 1.29 is 13.3 Å². The summed E-state index contributed by atoms with van der Waals surface area (Å²) < 4.78 is 26.5. The van der Waals surface area contributed by atoms with Crippen molar-refractivity contribution in [3.63, 3.8) is 0 Å². The van der Waals surface area contributed by atoms with E-state index in [1.54, 1.807) is 0 Å². The zero-order valence-corrected chi connectivity index (χ0v) is 12.9. The molecule has 0 unspecified atom stereocenters. The minimum Gasteiger partial charge on any atom is -0.258 e. The Bertz CT molecular complexity index is 602. The first-order valence-electron chi connectivity index (χ1n) is 6.23. The van der Waals surface area contributed by atoms with Crippen LogP contribution in [0.3, 0.4) is 0 Å². The van der Waals surface area contributed by atoms with Crippen molar-refractivity contribution >= 4 is 27.3 Å². The van der Waals surface area contributed by atoms with Gasteiger partial charge in [-0.25, -0.2) is 13.1 Å². The monoisotopic (exact) mass is 320 g/mol. The number of nitro benzene ring substituents is 1.